The predicted molar refractivity (Wildman–Crippen MR) is 48.2 cm³/mol. The Morgan fingerprint density at radius 1 is 1.64 bits per heavy atom. The number of hydrogen-bond donors (Lipinski definition) is 2. The smallest absolute Gasteiger partial charge is 0.102 e. The van der Waals surface area contributed by atoms with Gasteiger partial charge in [0.2, 0.25) is 0 Å². The van der Waals surface area contributed by atoms with Crippen molar-refractivity contribution in [2.75, 3.05) is 0 Å². The molecule has 0 aromatic carbocycles. The zero-order valence-corrected chi connectivity index (χ0v) is 7.11. The average Bonchev–Trinajstić information content (AvgIpc) is 2.34. The van der Waals surface area contributed by atoms with Crippen molar-refractivity contribution < 1.29 is 0 Å². The van der Waals surface area contributed by atoms with Crippen molar-refractivity contribution >= 4 is 17.4 Å². The summed E-state index contributed by atoms with van der Waals surface area (Å²) in [5.74, 6) is 0. The molecule has 0 aliphatic carbocycles. The lowest BCUT2D eigenvalue weighted by Crippen LogP contribution is -2.26. The second kappa shape index (κ2) is 2.36. The minimum absolute atomic E-state index is 0.0127. The molecular formula is C8H10N2S. The predicted octanol–water partition coefficient (Wildman–Crippen LogP) is 1.59. The summed E-state index contributed by atoms with van der Waals surface area (Å²) in [5, 5.41) is 5.21. The molecule has 0 amide bonds. The van der Waals surface area contributed by atoms with Crippen molar-refractivity contribution in [3.05, 3.63) is 27.6 Å². The second-order valence-electron chi connectivity index (χ2n) is 2.67. The topological polar surface area (TPSA) is 38.0 Å². The number of aryl methyl sites for hydroxylation is 1. The first-order chi connectivity index (χ1) is 5.29. The summed E-state index contributed by atoms with van der Waals surface area (Å²) in [4.78, 5) is 1.29. The van der Waals surface area contributed by atoms with Gasteiger partial charge in [0.05, 0.1) is 0 Å². The summed E-state index contributed by atoms with van der Waals surface area (Å²) < 4.78 is 0. The third kappa shape index (κ3) is 0.968. The number of nitrogens with one attached hydrogen (secondary N) is 1. The third-order valence-electron chi connectivity index (χ3n) is 1.87. The van der Waals surface area contributed by atoms with E-state index in [4.69, 9.17) is 5.73 Å². The quantitative estimate of drug-likeness (QED) is 0.614. The fourth-order valence-corrected chi connectivity index (χ4v) is 2.30. The molecule has 11 heavy (non-hydrogen) atoms. The summed E-state index contributed by atoms with van der Waals surface area (Å²) in [5.41, 5.74) is 8.37. The Kier molecular flexibility index (Phi) is 1.47. The molecular weight excluding hydrogens is 156 g/mol. The zero-order valence-electron chi connectivity index (χ0n) is 6.29. The van der Waals surface area contributed by atoms with Gasteiger partial charge in [-0.25, -0.2) is 0 Å². The number of rotatable bonds is 0. The van der Waals surface area contributed by atoms with Crippen molar-refractivity contribution in [2.24, 2.45) is 5.73 Å². The Morgan fingerprint density at radius 3 is 3.18 bits per heavy atom. The van der Waals surface area contributed by atoms with Gasteiger partial charge in [-0.05, 0) is 30.1 Å². The maximum absolute atomic E-state index is 5.84. The van der Waals surface area contributed by atoms with Crippen LogP contribution in [0.25, 0.3) is 6.08 Å². The minimum Gasteiger partial charge on any atom is -0.372 e. The summed E-state index contributed by atoms with van der Waals surface area (Å²) in [6, 6.07) is 0. The van der Waals surface area contributed by atoms with Crippen molar-refractivity contribution in [1.82, 2.24) is 5.32 Å². The molecule has 0 saturated carbocycles. The van der Waals surface area contributed by atoms with Crippen LogP contribution in [-0.4, -0.2) is 0 Å². The molecule has 0 spiro atoms. The Bertz CT molecular complexity index is 301. The van der Waals surface area contributed by atoms with E-state index in [9.17, 15) is 0 Å². The molecule has 2 rings (SSSR count). The SMILES string of the molecule is Cc1csc2c1C(N)NC=C2. The molecule has 0 radical (unpaired) electrons. The fraction of sp³-hybridized carbons (Fsp3) is 0.250. The van der Waals surface area contributed by atoms with Crippen LogP contribution < -0.4 is 11.1 Å². The van der Waals surface area contributed by atoms with E-state index in [0.29, 0.717) is 0 Å². The molecule has 1 atom stereocenters. The zero-order chi connectivity index (χ0) is 7.84. The lowest BCUT2D eigenvalue weighted by molar-refractivity contribution is 0.646. The van der Waals surface area contributed by atoms with Gasteiger partial charge in [-0.3, -0.25) is 0 Å². The summed E-state index contributed by atoms with van der Waals surface area (Å²) in [7, 11) is 0. The first-order valence-corrected chi connectivity index (χ1v) is 4.43. The number of thiophene rings is 1. The molecule has 3 heteroatoms. The molecule has 58 valence electrons. The Labute approximate surface area is 69.7 Å². The van der Waals surface area contributed by atoms with Crippen LogP contribution in [0.3, 0.4) is 0 Å². The Hall–Kier alpha value is -0.800. The van der Waals surface area contributed by atoms with Crippen LogP contribution in [0.2, 0.25) is 0 Å². The summed E-state index contributed by atoms with van der Waals surface area (Å²) >= 11 is 1.75. The van der Waals surface area contributed by atoms with Gasteiger partial charge in [-0.1, -0.05) is 0 Å². The molecule has 0 bridgehead atoms. The summed E-state index contributed by atoms with van der Waals surface area (Å²) in [6.07, 6.45) is 3.96. The summed E-state index contributed by atoms with van der Waals surface area (Å²) in [6.45, 7) is 2.09. The van der Waals surface area contributed by atoms with E-state index < -0.39 is 0 Å². The van der Waals surface area contributed by atoms with Crippen LogP contribution in [0.4, 0.5) is 0 Å². The highest BCUT2D eigenvalue weighted by Gasteiger charge is 2.15. The van der Waals surface area contributed by atoms with E-state index in [1.165, 1.54) is 16.0 Å². The maximum Gasteiger partial charge on any atom is 0.102 e. The molecule has 1 aromatic rings. The maximum atomic E-state index is 5.84. The highest BCUT2D eigenvalue weighted by atomic mass is 32.1. The van der Waals surface area contributed by atoms with Crippen molar-refractivity contribution in [1.29, 1.82) is 0 Å². The largest absolute Gasteiger partial charge is 0.372 e. The molecule has 2 heterocycles. The number of nitrogens with two attached hydrogens (primary N) is 1. The monoisotopic (exact) mass is 166 g/mol. The molecule has 1 aliphatic heterocycles. The highest BCUT2D eigenvalue weighted by molar-refractivity contribution is 7.11. The van der Waals surface area contributed by atoms with Gasteiger partial charge in [-0.15, -0.1) is 11.3 Å². The first-order valence-electron chi connectivity index (χ1n) is 3.55. The lowest BCUT2D eigenvalue weighted by atomic mass is 10.1. The van der Waals surface area contributed by atoms with Crippen molar-refractivity contribution in [2.45, 2.75) is 13.1 Å². The van der Waals surface area contributed by atoms with Crippen LogP contribution >= 0.6 is 11.3 Å². The standard InChI is InChI=1S/C8H10N2S/c1-5-4-11-6-2-3-10-8(9)7(5)6/h2-4,8,10H,9H2,1H3. The lowest BCUT2D eigenvalue weighted by Gasteiger charge is -2.17. The van der Waals surface area contributed by atoms with E-state index >= 15 is 0 Å². The second-order valence-corrected chi connectivity index (χ2v) is 3.59. The van der Waals surface area contributed by atoms with Crippen LogP contribution in [0.1, 0.15) is 22.2 Å². The molecule has 0 saturated heterocycles. The third-order valence-corrected chi connectivity index (χ3v) is 2.96. The number of fused-ring (bicyclic) bond motifs is 1. The average molecular weight is 166 g/mol. The van der Waals surface area contributed by atoms with Crippen LogP contribution in [0.5, 0.6) is 0 Å². The van der Waals surface area contributed by atoms with Gasteiger partial charge < -0.3 is 11.1 Å². The normalized spacial score (nSPS) is 21.1. The van der Waals surface area contributed by atoms with E-state index in [0.717, 1.165) is 0 Å². The molecule has 1 aliphatic rings. The molecule has 0 fully saturated rings. The first kappa shape index (κ1) is 6.88. The van der Waals surface area contributed by atoms with Crippen LogP contribution in [0.15, 0.2) is 11.6 Å². The van der Waals surface area contributed by atoms with Gasteiger partial charge in [0.15, 0.2) is 0 Å². The van der Waals surface area contributed by atoms with Gasteiger partial charge in [-0.2, -0.15) is 0 Å². The van der Waals surface area contributed by atoms with E-state index in [2.05, 4.69) is 23.7 Å². The Balaban J connectivity index is 2.58. The van der Waals surface area contributed by atoms with E-state index in [1.807, 2.05) is 6.20 Å². The van der Waals surface area contributed by atoms with Crippen LogP contribution in [-0.2, 0) is 0 Å². The fourth-order valence-electron chi connectivity index (χ4n) is 1.31. The van der Waals surface area contributed by atoms with Gasteiger partial charge in [0.1, 0.15) is 6.17 Å². The van der Waals surface area contributed by atoms with Gasteiger partial charge >= 0.3 is 0 Å². The van der Waals surface area contributed by atoms with Gasteiger partial charge in [0, 0.05) is 10.4 Å². The molecule has 3 N–H and O–H groups in total. The molecule has 1 unspecified atom stereocenters. The van der Waals surface area contributed by atoms with Crippen LogP contribution in [0, 0.1) is 6.92 Å². The highest BCUT2D eigenvalue weighted by Crippen LogP contribution is 2.29. The molecule has 1 aromatic heterocycles. The van der Waals surface area contributed by atoms with Crippen molar-refractivity contribution in [3.63, 3.8) is 0 Å². The van der Waals surface area contributed by atoms with Gasteiger partial charge in [0.25, 0.3) is 0 Å². The molecule has 2 nitrogen and oxygen atoms in total. The van der Waals surface area contributed by atoms with E-state index in [1.54, 1.807) is 11.3 Å². The minimum atomic E-state index is -0.0127. The Morgan fingerprint density at radius 2 is 2.45 bits per heavy atom. The van der Waals surface area contributed by atoms with E-state index in [-0.39, 0.29) is 6.17 Å². The number of hydrogen-bond acceptors (Lipinski definition) is 3. The van der Waals surface area contributed by atoms with Crippen molar-refractivity contribution in [3.8, 4) is 0 Å².